The van der Waals surface area contributed by atoms with Crippen LogP contribution in [0.2, 0.25) is 0 Å². The van der Waals surface area contributed by atoms with Gasteiger partial charge in [-0.1, -0.05) is 11.3 Å². The first-order chi connectivity index (χ1) is 17.0. The van der Waals surface area contributed by atoms with Gasteiger partial charge in [0.25, 0.3) is 0 Å². The Bertz CT molecular complexity index is 1400. The quantitative estimate of drug-likeness (QED) is 0.412. The minimum Gasteiger partial charge on any atom is -0.369 e. The van der Waals surface area contributed by atoms with Gasteiger partial charge in [0.05, 0.1) is 0 Å². The van der Waals surface area contributed by atoms with Gasteiger partial charge in [0.15, 0.2) is 10.9 Å². The number of nitrogens with zero attached hydrogens (tertiary/aromatic N) is 6. The molecular formula is C25H25F2N7S. The van der Waals surface area contributed by atoms with Crippen molar-refractivity contribution in [1.29, 1.82) is 5.26 Å². The lowest BCUT2D eigenvalue weighted by Crippen LogP contribution is -2.43. The Balaban J connectivity index is 1.64. The van der Waals surface area contributed by atoms with Gasteiger partial charge in [0, 0.05) is 55.9 Å². The van der Waals surface area contributed by atoms with Crippen molar-refractivity contribution in [2.45, 2.75) is 20.4 Å². The van der Waals surface area contributed by atoms with Crippen LogP contribution in [0.25, 0.3) is 22.2 Å². The molecular weight excluding hydrogens is 468 g/mol. The zero-order valence-electron chi connectivity index (χ0n) is 19.6. The Hall–Kier alpha value is -3.55. The Labute approximate surface area is 206 Å². The lowest BCUT2D eigenvalue weighted by atomic mass is 10.1. The normalized spacial score (nSPS) is 13.9. The number of halogens is 2. The monoisotopic (exact) mass is 493 g/mol. The van der Waals surface area contributed by atoms with Crippen LogP contribution in [0, 0.1) is 23.0 Å². The third kappa shape index (κ3) is 4.22. The molecule has 5 rings (SSSR count). The zero-order chi connectivity index (χ0) is 24.5. The number of nitrogens with one attached hydrogen (secondary N) is 1. The van der Waals surface area contributed by atoms with Gasteiger partial charge in [-0.3, -0.25) is 0 Å². The first-order valence-electron chi connectivity index (χ1n) is 11.6. The molecule has 1 N–H and O–H groups in total. The maximum Gasteiger partial charge on any atom is 0.192 e. The molecule has 4 aromatic rings. The van der Waals surface area contributed by atoms with Crippen LogP contribution in [-0.2, 0) is 6.54 Å². The number of nitriles is 1. The number of rotatable bonds is 6. The van der Waals surface area contributed by atoms with Crippen LogP contribution >= 0.6 is 11.3 Å². The van der Waals surface area contributed by atoms with Crippen LogP contribution in [0.1, 0.15) is 18.7 Å². The van der Waals surface area contributed by atoms with Gasteiger partial charge in [-0.15, -0.1) is 0 Å². The average molecular weight is 494 g/mol. The molecule has 0 saturated carbocycles. The Morgan fingerprint density at radius 2 is 1.89 bits per heavy atom. The summed E-state index contributed by atoms with van der Waals surface area (Å²) in [7, 11) is 0. The molecule has 0 spiro atoms. The summed E-state index contributed by atoms with van der Waals surface area (Å²) < 4.78 is 30.5. The highest BCUT2D eigenvalue weighted by atomic mass is 32.1. The number of anilines is 3. The second-order valence-corrected chi connectivity index (χ2v) is 9.21. The molecule has 10 heteroatoms. The molecule has 0 amide bonds. The molecule has 0 bridgehead atoms. The van der Waals surface area contributed by atoms with E-state index in [-0.39, 0.29) is 11.6 Å². The molecule has 0 radical (unpaired) electrons. The predicted molar refractivity (Wildman–Crippen MR) is 135 cm³/mol. The summed E-state index contributed by atoms with van der Waals surface area (Å²) in [5, 5.41) is 19.0. The van der Waals surface area contributed by atoms with Gasteiger partial charge in [-0.2, -0.15) is 10.4 Å². The highest BCUT2D eigenvalue weighted by Crippen LogP contribution is 2.40. The van der Waals surface area contributed by atoms with Crippen LogP contribution in [0.5, 0.6) is 0 Å². The minimum absolute atomic E-state index is 0.315. The summed E-state index contributed by atoms with van der Waals surface area (Å²) in [5.74, 6) is 0.0349. The molecule has 1 aliphatic heterocycles. The van der Waals surface area contributed by atoms with Crippen LogP contribution < -0.4 is 15.1 Å². The summed E-state index contributed by atoms with van der Waals surface area (Å²) in [5.41, 5.74) is 2.32. The first kappa shape index (κ1) is 23.2. The number of hydrogen-bond acceptors (Lipinski definition) is 7. The zero-order valence-corrected chi connectivity index (χ0v) is 20.4. The molecule has 0 unspecified atom stereocenters. The molecule has 2 aromatic carbocycles. The van der Waals surface area contributed by atoms with Crippen molar-refractivity contribution in [3.05, 3.63) is 52.9 Å². The van der Waals surface area contributed by atoms with E-state index < -0.39 is 0 Å². The maximum absolute atomic E-state index is 15.3. The Morgan fingerprint density at radius 1 is 1.14 bits per heavy atom. The largest absolute Gasteiger partial charge is 0.369 e. The van der Waals surface area contributed by atoms with Gasteiger partial charge in [0.1, 0.15) is 33.8 Å². The molecule has 180 valence electrons. The van der Waals surface area contributed by atoms with Crippen molar-refractivity contribution in [1.82, 2.24) is 20.1 Å². The van der Waals surface area contributed by atoms with Gasteiger partial charge < -0.3 is 15.1 Å². The number of aromatic nitrogens is 3. The Kier molecular flexibility index (Phi) is 6.36. The van der Waals surface area contributed by atoms with E-state index in [1.54, 1.807) is 22.9 Å². The highest BCUT2D eigenvalue weighted by Gasteiger charge is 2.25. The van der Waals surface area contributed by atoms with Gasteiger partial charge >= 0.3 is 0 Å². The second kappa shape index (κ2) is 9.60. The van der Waals surface area contributed by atoms with Gasteiger partial charge in [-0.05, 0) is 50.2 Å². The molecule has 7 nitrogen and oxygen atoms in total. The van der Waals surface area contributed by atoms with Crippen molar-refractivity contribution < 1.29 is 8.78 Å². The summed E-state index contributed by atoms with van der Waals surface area (Å²) in [4.78, 5) is 9.35. The fourth-order valence-corrected chi connectivity index (χ4v) is 5.40. The first-order valence-corrected chi connectivity index (χ1v) is 12.5. The van der Waals surface area contributed by atoms with E-state index in [1.165, 1.54) is 23.5 Å². The van der Waals surface area contributed by atoms with E-state index in [1.807, 2.05) is 24.8 Å². The van der Waals surface area contributed by atoms with Crippen molar-refractivity contribution in [3.63, 3.8) is 0 Å². The van der Waals surface area contributed by atoms with E-state index in [2.05, 4.69) is 21.4 Å². The number of piperazine rings is 1. The molecule has 0 atom stereocenters. The summed E-state index contributed by atoms with van der Waals surface area (Å²) in [6.45, 7) is 8.35. The predicted octanol–water partition coefficient (Wildman–Crippen LogP) is 4.90. The van der Waals surface area contributed by atoms with E-state index in [4.69, 9.17) is 4.98 Å². The van der Waals surface area contributed by atoms with Crippen LogP contribution in [-0.4, -0.2) is 47.5 Å². The molecule has 1 saturated heterocycles. The van der Waals surface area contributed by atoms with Crippen molar-refractivity contribution in [2.75, 3.05) is 42.5 Å². The minimum atomic E-state index is -0.357. The fraction of sp³-hybridized carbons (Fsp3) is 0.320. The number of hydrogen-bond donors (Lipinski definition) is 1. The van der Waals surface area contributed by atoms with Crippen molar-refractivity contribution in [2.24, 2.45) is 0 Å². The lowest BCUT2D eigenvalue weighted by molar-refractivity contribution is 0.585. The third-order valence-corrected chi connectivity index (χ3v) is 7.16. The molecule has 1 fully saturated rings. The SMILES string of the molecule is CCN(c1nc(-c2ccc(F)cc2)c(C#N)s1)c1c2cc(N3CCNCC3)cc(F)c2nn1CC. The third-order valence-electron chi connectivity index (χ3n) is 6.17. The molecule has 0 aliphatic carbocycles. The van der Waals surface area contributed by atoms with E-state index >= 15 is 4.39 Å². The average Bonchev–Trinajstić information content (AvgIpc) is 3.48. The van der Waals surface area contributed by atoms with Gasteiger partial charge in [0.2, 0.25) is 0 Å². The van der Waals surface area contributed by atoms with Crippen LogP contribution in [0.4, 0.5) is 25.4 Å². The van der Waals surface area contributed by atoms with E-state index in [9.17, 15) is 9.65 Å². The van der Waals surface area contributed by atoms with E-state index in [0.29, 0.717) is 45.3 Å². The smallest absolute Gasteiger partial charge is 0.192 e. The molecule has 1 aliphatic rings. The van der Waals surface area contributed by atoms with Crippen molar-refractivity contribution >= 4 is 38.9 Å². The standard InChI is InChI=1S/C25H25F2N7S/c1-3-33(25-30-22(21(15-28)35-25)16-5-7-17(26)8-6-16)24-19-13-18(32-11-9-29-10-12-32)14-20(27)23(19)31-34(24)4-2/h5-8,13-14,29H,3-4,9-12H2,1-2H3. The molecule has 35 heavy (non-hydrogen) atoms. The summed E-state index contributed by atoms with van der Waals surface area (Å²) in [6, 6.07) is 11.7. The maximum atomic E-state index is 15.3. The summed E-state index contributed by atoms with van der Waals surface area (Å²) in [6.07, 6.45) is 0. The topological polar surface area (TPSA) is 73.0 Å². The van der Waals surface area contributed by atoms with Crippen LogP contribution in [0.3, 0.4) is 0 Å². The van der Waals surface area contributed by atoms with Crippen molar-refractivity contribution in [3.8, 4) is 17.3 Å². The van der Waals surface area contributed by atoms with Crippen LogP contribution in [0.15, 0.2) is 36.4 Å². The second-order valence-electron chi connectivity index (χ2n) is 8.24. The lowest BCUT2D eigenvalue weighted by Gasteiger charge is -2.29. The number of thiazole rings is 1. The Morgan fingerprint density at radius 3 is 2.54 bits per heavy atom. The summed E-state index contributed by atoms with van der Waals surface area (Å²) >= 11 is 1.26. The fourth-order valence-electron chi connectivity index (χ4n) is 4.45. The number of aryl methyl sites for hydroxylation is 1. The molecule has 2 aromatic heterocycles. The number of fused-ring (bicyclic) bond motifs is 1. The molecule has 3 heterocycles. The van der Waals surface area contributed by atoms with E-state index in [0.717, 1.165) is 37.7 Å². The number of benzene rings is 2. The van der Waals surface area contributed by atoms with Gasteiger partial charge in [-0.25, -0.2) is 18.4 Å². The highest BCUT2D eigenvalue weighted by molar-refractivity contribution is 7.16.